The van der Waals surface area contributed by atoms with Crippen LogP contribution >= 0.6 is 12.4 Å². The van der Waals surface area contributed by atoms with E-state index < -0.39 is 5.54 Å². The molecule has 1 saturated heterocycles. The van der Waals surface area contributed by atoms with Crippen LogP contribution in [-0.4, -0.2) is 30.6 Å². The Balaban J connectivity index is 0.00000264. The van der Waals surface area contributed by atoms with E-state index in [0.717, 1.165) is 18.5 Å². The van der Waals surface area contributed by atoms with Crippen molar-refractivity contribution >= 4 is 35.7 Å². The molecule has 1 aromatic carbocycles. The Morgan fingerprint density at radius 3 is 2.87 bits per heavy atom. The van der Waals surface area contributed by atoms with E-state index in [1.54, 1.807) is 24.0 Å². The molecule has 3 amide bonds. The smallest absolute Gasteiger partial charge is 0.321 e. The molecule has 2 rings (SSSR count). The largest absolute Gasteiger partial charge is 0.338 e. The molecule has 1 atom stereocenters. The monoisotopic (exact) mass is 340 g/mol. The normalized spacial score (nSPS) is 16.8. The highest BCUT2D eigenvalue weighted by Gasteiger charge is 2.27. The standard InChI is InChI=1S/C16H24N4O2.ClH/c1-3-8-16(2,17)14(21)19-12-6-4-7-13(11-12)20-10-5-9-18-15(20)22;/h4,6-7,11H,3,5,8-10,17H2,1-2H3,(H,18,22)(H,19,21);1H. The number of urea groups is 1. The van der Waals surface area contributed by atoms with Gasteiger partial charge in [-0.1, -0.05) is 19.4 Å². The van der Waals surface area contributed by atoms with Crippen LogP contribution in [0.25, 0.3) is 0 Å². The van der Waals surface area contributed by atoms with Crippen molar-refractivity contribution in [3.05, 3.63) is 24.3 Å². The second-order valence-corrected chi connectivity index (χ2v) is 5.91. The predicted octanol–water partition coefficient (Wildman–Crippen LogP) is 2.48. The zero-order valence-corrected chi connectivity index (χ0v) is 14.4. The molecule has 1 fully saturated rings. The van der Waals surface area contributed by atoms with E-state index in [1.165, 1.54) is 0 Å². The van der Waals surface area contributed by atoms with E-state index in [1.807, 2.05) is 19.1 Å². The molecule has 0 saturated carbocycles. The van der Waals surface area contributed by atoms with E-state index in [4.69, 9.17) is 5.73 Å². The second kappa shape index (κ2) is 8.17. The van der Waals surface area contributed by atoms with E-state index in [-0.39, 0.29) is 24.3 Å². The van der Waals surface area contributed by atoms with E-state index in [0.29, 0.717) is 25.2 Å². The predicted molar refractivity (Wildman–Crippen MR) is 95.2 cm³/mol. The molecular formula is C16H25ClN4O2. The van der Waals surface area contributed by atoms with Crippen LogP contribution in [0, 0.1) is 0 Å². The lowest BCUT2D eigenvalue weighted by atomic mass is 9.96. The maximum atomic E-state index is 12.2. The Hall–Kier alpha value is -1.79. The van der Waals surface area contributed by atoms with E-state index in [9.17, 15) is 9.59 Å². The van der Waals surface area contributed by atoms with E-state index >= 15 is 0 Å². The van der Waals surface area contributed by atoms with Gasteiger partial charge in [0.15, 0.2) is 0 Å². The van der Waals surface area contributed by atoms with Gasteiger partial charge in [-0.3, -0.25) is 9.69 Å². The SMILES string of the molecule is CCCC(C)(N)C(=O)Nc1cccc(N2CCCNC2=O)c1.Cl. The van der Waals surface area contributed by atoms with Crippen LogP contribution in [0.1, 0.15) is 33.1 Å². The highest BCUT2D eigenvalue weighted by molar-refractivity contribution is 5.99. The van der Waals surface area contributed by atoms with Gasteiger partial charge in [-0.2, -0.15) is 0 Å². The first kappa shape index (κ1) is 19.3. The van der Waals surface area contributed by atoms with Gasteiger partial charge in [0.05, 0.1) is 5.54 Å². The van der Waals surface area contributed by atoms with Crippen molar-refractivity contribution in [3.63, 3.8) is 0 Å². The summed E-state index contributed by atoms with van der Waals surface area (Å²) in [6.07, 6.45) is 2.36. The van der Waals surface area contributed by atoms with Crippen molar-refractivity contribution in [3.8, 4) is 0 Å². The summed E-state index contributed by atoms with van der Waals surface area (Å²) in [4.78, 5) is 25.8. The fraction of sp³-hybridized carbons (Fsp3) is 0.500. The van der Waals surface area contributed by atoms with Gasteiger partial charge in [0.1, 0.15) is 0 Å². The molecule has 23 heavy (non-hydrogen) atoms. The lowest BCUT2D eigenvalue weighted by Gasteiger charge is -2.28. The quantitative estimate of drug-likeness (QED) is 0.769. The molecular weight excluding hydrogens is 316 g/mol. The number of rotatable bonds is 5. The van der Waals surface area contributed by atoms with Crippen LogP contribution < -0.4 is 21.3 Å². The summed E-state index contributed by atoms with van der Waals surface area (Å²) >= 11 is 0. The van der Waals surface area contributed by atoms with Crippen LogP contribution in [0.15, 0.2) is 24.3 Å². The maximum absolute atomic E-state index is 12.2. The number of nitrogens with one attached hydrogen (secondary N) is 2. The number of benzene rings is 1. The lowest BCUT2D eigenvalue weighted by Crippen LogP contribution is -2.48. The molecule has 1 unspecified atom stereocenters. The molecule has 0 spiro atoms. The third-order valence-corrected chi connectivity index (χ3v) is 3.78. The molecule has 128 valence electrons. The van der Waals surface area contributed by atoms with Gasteiger partial charge >= 0.3 is 6.03 Å². The van der Waals surface area contributed by atoms with Crippen molar-refractivity contribution in [2.24, 2.45) is 5.73 Å². The number of carbonyl (C=O) groups excluding carboxylic acids is 2. The van der Waals surface area contributed by atoms with Crippen LogP contribution in [-0.2, 0) is 4.79 Å². The Kier molecular flexibility index (Phi) is 6.84. The van der Waals surface area contributed by atoms with Crippen LogP contribution in [0.3, 0.4) is 0 Å². The van der Waals surface area contributed by atoms with Crippen LogP contribution in [0.2, 0.25) is 0 Å². The fourth-order valence-electron chi connectivity index (χ4n) is 2.53. The fourth-order valence-corrected chi connectivity index (χ4v) is 2.53. The summed E-state index contributed by atoms with van der Waals surface area (Å²) < 4.78 is 0. The summed E-state index contributed by atoms with van der Waals surface area (Å²) in [6, 6.07) is 7.16. The number of hydrogen-bond donors (Lipinski definition) is 3. The number of amides is 3. The highest BCUT2D eigenvalue weighted by Crippen LogP contribution is 2.22. The first-order chi connectivity index (χ1) is 10.4. The van der Waals surface area contributed by atoms with Gasteiger partial charge in [0, 0.05) is 24.5 Å². The maximum Gasteiger partial charge on any atom is 0.321 e. The molecule has 1 aliphatic heterocycles. The van der Waals surface area contributed by atoms with Crippen molar-refractivity contribution in [1.82, 2.24) is 5.32 Å². The third kappa shape index (κ3) is 4.84. The molecule has 1 aromatic rings. The number of nitrogens with zero attached hydrogens (tertiary/aromatic N) is 1. The second-order valence-electron chi connectivity index (χ2n) is 5.91. The van der Waals surface area contributed by atoms with E-state index in [2.05, 4.69) is 10.6 Å². The molecule has 1 aliphatic rings. The molecule has 0 aromatic heterocycles. The first-order valence-electron chi connectivity index (χ1n) is 7.70. The molecule has 7 heteroatoms. The number of anilines is 2. The minimum absolute atomic E-state index is 0. The molecule has 0 aliphatic carbocycles. The van der Waals surface area contributed by atoms with Crippen molar-refractivity contribution in [2.45, 2.75) is 38.6 Å². The summed E-state index contributed by atoms with van der Waals surface area (Å²) in [6.45, 7) is 5.10. The first-order valence-corrected chi connectivity index (χ1v) is 7.70. The number of halogens is 1. The molecule has 6 nitrogen and oxygen atoms in total. The van der Waals surface area contributed by atoms with Gasteiger partial charge in [-0.05, 0) is 38.0 Å². The zero-order chi connectivity index (χ0) is 16.2. The van der Waals surface area contributed by atoms with Gasteiger partial charge in [0.25, 0.3) is 0 Å². The minimum atomic E-state index is -0.896. The Morgan fingerprint density at radius 1 is 1.48 bits per heavy atom. The summed E-state index contributed by atoms with van der Waals surface area (Å²) in [5.74, 6) is -0.213. The molecule has 4 N–H and O–H groups in total. The summed E-state index contributed by atoms with van der Waals surface area (Å²) in [7, 11) is 0. The molecule has 0 bridgehead atoms. The number of carbonyl (C=O) groups is 2. The van der Waals surface area contributed by atoms with Gasteiger partial charge in [-0.25, -0.2) is 4.79 Å². The van der Waals surface area contributed by atoms with Crippen LogP contribution in [0.5, 0.6) is 0 Å². The summed E-state index contributed by atoms with van der Waals surface area (Å²) in [5.41, 5.74) is 6.55. The Bertz CT molecular complexity index is 563. The molecule has 0 radical (unpaired) electrons. The van der Waals surface area contributed by atoms with Crippen molar-refractivity contribution in [1.29, 1.82) is 0 Å². The van der Waals surface area contributed by atoms with Crippen LogP contribution in [0.4, 0.5) is 16.2 Å². The van der Waals surface area contributed by atoms with Gasteiger partial charge < -0.3 is 16.4 Å². The topological polar surface area (TPSA) is 87.5 Å². The molecule has 1 heterocycles. The number of nitrogens with two attached hydrogens (primary N) is 1. The average molecular weight is 341 g/mol. The minimum Gasteiger partial charge on any atom is -0.338 e. The lowest BCUT2D eigenvalue weighted by molar-refractivity contribution is -0.120. The highest BCUT2D eigenvalue weighted by atomic mass is 35.5. The third-order valence-electron chi connectivity index (χ3n) is 3.78. The van der Waals surface area contributed by atoms with Crippen molar-refractivity contribution in [2.75, 3.05) is 23.3 Å². The Morgan fingerprint density at radius 2 is 2.22 bits per heavy atom. The zero-order valence-electron chi connectivity index (χ0n) is 13.6. The van der Waals surface area contributed by atoms with Gasteiger partial charge in [0.2, 0.25) is 5.91 Å². The average Bonchev–Trinajstić information content (AvgIpc) is 2.48. The van der Waals surface area contributed by atoms with Gasteiger partial charge in [-0.15, -0.1) is 12.4 Å². The number of hydrogen-bond acceptors (Lipinski definition) is 3. The Labute approximate surface area is 143 Å². The summed E-state index contributed by atoms with van der Waals surface area (Å²) in [5, 5.41) is 5.65. The van der Waals surface area contributed by atoms with Crippen molar-refractivity contribution < 1.29 is 9.59 Å².